The predicted molar refractivity (Wildman–Crippen MR) is 96.6 cm³/mol. The third-order valence-corrected chi connectivity index (χ3v) is 4.78. The molecule has 2 heterocycles. The number of carbonyl (C=O) groups excluding carboxylic acids is 1. The molecule has 0 aliphatic carbocycles. The van der Waals surface area contributed by atoms with Gasteiger partial charge in [0.05, 0.1) is 19.9 Å². The molecule has 2 amide bonds. The van der Waals surface area contributed by atoms with Crippen molar-refractivity contribution in [1.29, 1.82) is 0 Å². The molecule has 25 heavy (non-hydrogen) atoms. The first-order valence-corrected chi connectivity index (χ1v) is 8.92. The van der Waals surface area contributed by atoms with Crippen molar-refractivity contribution in [2.24, 2.45) is 5.92 Å². The maximum atomic E-state index is 12.4. The predicted octanol–water partition coefficient (Wildman–Crippen LogP) is 3.84. The molecule has 1 fully saturated rings. The van der Waals surface area contributed by atoms with Crippen LogP contribution in [0.25, 0.3) is 0 Å². The molecule has 134 valence electrons. The van der Waals surface area contributed by atoms with Gasteiger partial charge in [-0.05, 0) is 61.4 Å². The molecule has 5 nitrogen and oxygen atoms in total. The lowest BCUT2D eigenvalue weighted by atomic mass is 9.92. The minimum absolute atomic E-state index is 0.00230. The van der Waals surface area contributed by atoms with Crippen LogP contribution in [0.1, 0.15) is 30.6 Å². The number of likely N-dealkylation sites (tertiary alicyclic amines) is 1. The highest BCUT2D eigenvalue weighted by molar-refractivity contribution is 5.74. The summed E-state index contributed by atoms with van der Waals surface area (Å²) < 4.78 is 10.5. The van der Waals surface area contributed by atoms with Gasteiger partial charge in [-0.2, -0.15) is 0 Å². The molecule has 0 spiro atoms. The summed E-state index contributed by atoms with van der Waals surface area (Å²) in [5.41, 5.74) is 1.29. The van der Waals surface area contributed by atoms with Crippen molar-refractivity contribution in [1.82, 2.24) is 10.2 Å². The Morgan fingerprint density at radius 1 is 1.36 bits per heavy atom. The first-order chi connectivity index (χ1) is 12.2. The molecular formula is C20H26N2O3. The number of aryl methyl sites for hydroxylation is 1. The highest BCUT2D eigenvalue weighted by Crippen LogP contribution is 2.23. The molecule has 2 aromatic rings. The van der Waals surface area contributed by atoms with E-state index in [4.69, 9.17) is 9.15 Å². The second-order valence-electron chi connectivity index (χ2n) is 6.58. The van der Waals surface area contributed by atoms with E-state index < -0.39 is 0 Å². The van der Waals surface area contributed by atoms with Crippen LogP contribution in [0.15, 0.2) is 47.1 Å². The van der Waals surface area contributed by atoms with E-state index in [0.29, 0.717) is 12.5 Å². The number of nitrogens with one attached hydrogen (secondary N) is 1. The monoisotopic (exact) mass is 342 g/mol. The van der Waals surface area contributed by atoms with E-state index in [0.717, 1.165) is 43.9 Å². The third kappa shape index (κ3) is 5.02. The number of piperidine rings is 1. The van der Waals surface area contributed by atoms with Gasteiger partial charge >= 0.3 is 6.03 Å². The Hall–Kier alpha value is -2.43. The van der Waals surface area contributed by atoms with Crippen molar-refractivity contribution in [3.63, 3.8) is 0 Å². The van der Waals surface area contributed by atoms with Gasteiger partial charge in [-0.1, -0.05) is 12.1 Å². The zero-order valence-electron chi connectivity index (χ0n) is 14.7. The van der Waals surface area contributed by atoms with E-state index in [-0.39, 0.29) is 6.03 Å². The van der Waals surface area contributed by atoms with E-state index >= 15 is 0 Å². The number of rotatable bonds is 6. The minimum atomic E-state index is 0.00230. The van der Waals surface area contributed by atoms with Crippen molar-refractivity contribution in [2.75, 3.05) is 20.2 Å². The van der Waals surface area contributed by atoms with E-state index in [1.807, 2.05) is 29.2 Å². The van der Waals surface area contributed by atoms with Crippen molar-refractivity contribution in [2.45, 2.75) is 32.2 Å². The lowest BCUT2D eigenvalue weighted by molar-refractivity contribution is 0.161. The number of furan rings is 1. The Morgan fingerprint density at radius 2 is 2.28 bits per heavy atom. The first-order valence-electron chi connectivity index (χ1n) is 8.92. The average molecular weight is 342 g/mol. The van der Waals surface area contributed by atoms with E-state index in [1.165, 1.54) is 12.0 Å². The Morgan fingerprint density at radius 3 is 3.08 bits per heavy atom. The number of hydrogen-bond acceptors (Lipinski definition) is 3. The summed E-state index contributed by atoms with van der Waals surface area (Å²) in [7, 11) is 1.69. The van der Waals surface area contributed by atoms with Gasteiger partial charge in [0.1, 0.15) is 11.5 Å². The smallest absolute Gasteiger partial charge is 0.317 e. The molecule has 1 aromatic heterocycles. The zero-order valence-corrected chi connectivity index (χ0v) is 14.7. The lowest BCUT2D eigenvalue weighted by Gasteiger charge is -2.32. The quantitative estimate of drug-likeness (QED) is 0.868. The lowest BCUT2D eigenvalue weighted by Crippen LogP contribution is -2.45. The number of carbonyl (C=O) groups is 1. The number of ether oxygens (including phenoxy) is 1. The molecule has 1 aromatic carbocycles. The largest absolute Gasteiger partial charge is 0.497 e. The molecule has 1 aliphatic rings. The maximum absolute atomic E-state index is 12.4. The summed E-state index contributed by atoms with van der Waals surface area (Å²) in [6.45, 7) is 2.10. The number of hydrogen-bond donors (Lipinski definition) is 1. The van der Waals surface area contributed by atoms with Crippen molar-refractivity contribution in [3.05, 3.63) is 54.0 Å². The van der Waals surface area contributed by atoms with Crippen LogP contribution in [-0.2, 0) is 13.0 Å². The van der Waals surface area contributed by atoms with Crippen molar-refractivity contribution in [3.8, 4) is 5.75 Å². The van der Waals surface area contributed by atoms with E-state index in [1.54, 1.807) is 13.4 Å². The van der Waals surface area contributed by atoms with Gasteiger partial charge in [-0.15, -0.1) is 0 Å². The molecule has 0 radical (unpaired) electrons. The van der Waals surface area contributed by atoms with Crippen LogP contribution in [0.3, 0.4) is 0 Å². The number of urea groups is 1. The van der Waals surface area contributed by atoms with Crippen molar-refractivity contribution >= 4 is 6.03 Å². The van der Waals surface area contributed by atoms with Gasteiger partial charge in [0.15, 0.2) is 0 Å². The molecule has 3 rings (SSSR count). The number of benzene rings is 1. The van der Waals surface area contributed by atoms with Crippen molar-refractivity contribution < 1.29 is 13.9 Å². The van der Waals surface area contributed by atoms with Gasteiger partial charge < -0.3 is 19.4 Å². The van der Waals surface area contributed by atoms with Gasteiger partial charge in [-0.3, -0.25) is 0 Å². The molecule has 0 bridgehead atoms. The summed E-state index contributed by atoms with van der Waals surface area (Å²) in [6.07, 6.45) is 5.98. The van der Waals surface area contributed by atoms with E-state index in [2.05, 4.69) is 17.4 Å². The molecule has 1 N–H and O–H groups in total. The van der Waals surface area contributed by atoms with Crippen LogP contribution in [0, 0.1) is 5.92 Å². The molecule has 5 heteroatoms. The molecule has 0 saturated carbocycles. The van der Waals surface area contributed by atoms with Crippen LogP contribution in [0.4, 0.5) is 4.79 Å². The number of amides is 2. The zero-order chi connectivity index (χ0) is 17.5. The van der Waals surface area contributed by atoms with Crippen LogP contribution >= 0.6 is 0 Å². The van der Waals surface area contributed by atoms with Crippen LogP contribution in [0.2, 0.25) is 0 Å². The van der Waals surface area contributed by atoms with E-state index in [9.17, 15) is 4.79 Å². The van der Waals surface area contributed by atoms with Gasteiger partial charge in [0, 0.05) is 13.1 Å². The van der Waals surface area contributed by atoms with Crippen LogP contribution < -0.4 is 10.1 Å². The Labute approximate surface area is 149 Å². The topological polar surface area (TPSA) is 54.7 Å². The summed E-state index contributed by atoms with van der Waals surface area (Å²) in [5.74, 6) is 2.23. The fraction of sp³-hybridized carbons (Fsp3) is 0.450. The molecule has 1 aliphatic heterocycles. The standard InChI is InChI=1S/C20H26N2O3/c1-24-18-7-2-5-16(13-18)9-10-17-6-3-11-22(15-17)20(23)21-14-19-8-4-12-25-19/h2,4-5,7-8,12-13,17H,3,6,9-11,14-15H2,1H3,(H,21,23). The van der Waals surface area contributed by atoms with Gasteiger partial charge in [-0.25, -0.2) is 4.79 Å². The highest BCUT2D eigenvalue weighted by atomic mass is 16.5. The second kappa shape index (κ2) is 8.60. The van der Waals surface area contributed by atoms with Crippen LogP contribution in [-0.4, -0.2) is 31.1 Å². The SMILES string of the molecule is COc1cccc(CCC2CCCN(C(=O)NCc3ccco3)C2)c1. The summed E-state index contributed by atoms with van der Waals surface area (Å²) in [4.78, 5) is 14.3. The molecule has 1 unspecified atom stereocenters. The fourth-order valence-corrected chi connectivity index (χ4v) is 3.37. The summed E-state index contributed by atoms with van der Waals surface area (Å²) in [5, 5.41) is 2.94. The minimum Gasteiger partial charge on any atom is -0.497 e. The average Bonchev–Trinajstić information content (AvgIpc) is 3.18. The molecule has 1 atom stereocenters. The van der Waals surface area contributed by atoms with Crippen LogP contribution in [0.5, 0.6) is 5.75 Å². The molecule has 1 saturated heterocycles. The first kappa shape index (κ1) is 17.4. The summed E-state index contributed by atoms with van der Waals surface area (Å²) >= 11 is 0. The number of methoxy groups -OCH3 is 1. The number of nitrogens with zero attached hydrogens (tertiary/aromatic N) is 1. The Balaban J connectivity index is 1.46. The Kier molecular flexibility index (Phi) is 5.99. The van der Waals surface area contributed by atoms with Gasteiger partial charge in [0.2, 0.25) is 0 Å². The van der Waals surface area contributed by atoms with Gasteiger partial charge in [0.25, 0.3) is 0 Å². The summed E-state index contributed by atoms with van der Waals surface area (Å²) in [6, 6.07) is 11.9. The Bertz CT molecular complexity index is 669. The fourth-order valence-electron chi connectivity index (χ4n) is 3.37. The third-order valence-electron chi connectivity index (χ3n) is 4.78. The highest BCUT2D eigenvalue weighted by Gasteiger charge is 2.23. The molecular weight excluding hydrogens is 316 g/mol. The maximum Gasteiger partial charge on any atom is 0.317 e. The normalized spacial score (nSPS) is 17.3. The second-order valence-corrected chi connectivity index (χ2v) is 6.58.